The highest BCUT2D eigenvalue weighted by Gasteiger charge is 2.35. The second kappa shape index (κ2) is 6.30. The van der Waals surface area contributed by atoms with Gasteiger partial charge in [0.2, 0.25) is 0 Å². The molecule has 2 heterocycles. The van der Waals surface area contributed by atoms with Crippen LogP contribution in [-0.2, 0) is 11.2 Å². The van der Waals surface area contributed by atoms with Crippen LogP contribution in [0.1, 0.15) is 53.7 Å². The molecule has 0 aliphatic heterocycles. The van der Waals surface area contributed by atoms with Crippen molar-refractivity contribution in [1.82, 2.24) is 9.97 Å². The van der Waals surface area contributed by atoms with Crippen molar-refractivity contribution in [2.75, 3.05) is 7.11 Å². The van der Waals surface area contributed by atoms with Crippen molar-refractivity contribution in [3.05, 3.63) is 63.1 Å². The number of carbonyl (C=O) groups excluding carboxylic acids is 1. The van der Waals surface area contributed by atoms with E-state index in [1.165, 1.54) is 12.7 Å². The lowest BCUT2D eigenvalue weighted by atomic mass is 9.68. The molecule has 1 aromatic carbocycles. The van der Waals surface area contributed by atoms with Crippen LogP contribution in [0.2, 0.25) is 0 Å². The lowest BCUT2D eigenvalue weighted by molar-refractivity contribution is 0.0598. The van der Waals surface area contributed by atoms with E-state index in [1.54, 1.807) is 6.07 Å². The van der Waals surface area contributed by atoms with E-state index < -0.39 is 11.5 Å². The van der Waals surface area contributed by atoms with Crippen molar-refractivity contribution in [2.24, 2.45) is 5.41 Å². The number of methoxy groups -OCH3 is 1. The number of rotatable bonds is 1. The molecule has 4 rings (SSSR count). The molecule has 0 bridgehead atoms. The Morgan fingerprint density at radius 3 is 2.71 bits per heavy atom. The van der Waals surface area contributed by atoms with E-state index >= 15 is 0 Å². The first-order valence-corrected chi connectivity index (χ1v) is 9.45. The highest BCUT2D eigenvalue weighted by atomic mass is 16.5. The molecule has 28 heavy (non-hydrogen) atoms. The third-order valence-corrected chi connectivity index (χ3v) is 5.77. The zero-order valence-corrected chi connectivity index (χ0v) is 16.8. The van der Waals surface area contributed by atoms with E-state index in [-0.39, 0.29) is 16.9 Å². The topological polar surface area (TPSA) is 72.1 Å². The molecule has 0 saturated carbocycles. The van der Waals surface area contributed by atoms with Crippen molar-refractivity contribution in [3.63, 3.8) is 0 Å². The molecule has 1 aliphatic rings. The van der Waals surface area contributed by atoms with Gasteiger partial charge in [0.25, 0.3) is 5.56 Å². The van der Waals surface area contributed by atoms with Crippen LogP contribution >= 0.6 is 0 Å². The smallest absolute Gasteiger partial charge is 0.343 e. The van der Waals surface area contributed by atoms with Gasteiger partial charge >= 0.3 is 5.97 Å². The number of H-pyrrole nitrogens is 1. The van der Waals surface area contributed by atoms with E-state index in [9.17, 15) is 9.59 Å². The summed E-state index contributed by atoms with van der Waals surface area (Å²) in [4.78, 5) is 32.3. The number of hydrogen-bond acceptors (Lipinski definition) is 4. The van der Waals surface area contributed by atoms with Crippen LogP contribution in [0.4, 0.5) is 0 Å². The first-order valence-electron chi connectivity index (χ1n) is 9.45. The van der Waals surface area contributed by atoms with E-state index in [0.717, 1.165) is 39.7 Å². The number of aryl methyl sites for hydroxylation is 1. The molecule has 0 saturated heterocycles. The van der Waals surface area contributed by atoms with Crippen molar-refractivity contribution >= 4 is 16.9 Å². The standard InChI is InChI=1S/C23H24N2O3/c1-12-9-15-14(13-7-6-8-24-19(12)13)11-18(23(2,3)4)16-10-17(22(27)28-5)21(26)25-20(15)16/h6-10,18H,11H2,1-5H3,(H,25,26). The van der Waals surface area contributed by atoms with Gasteiger partial charge in [0.05, 0.1) is 18.3 Å². The fraction of sp³-hybridized carbons (Fsp3) is 0.348. The highest BCUT2D eigenvalue weighted by Crippen LogP contribution is 2.48. The first-order chi connectivity index (χ1) is 13.2. The molecule has 144 valence electrons. The van der Waals surface area contributed by atoms with Crippen LogP contribution in [0.3, 0.4) is 0 Å². The second-order valence-corrected chi connectivity index (χ2v) is 8.58. The largest absolute Gasteiger partial charge is 0.465 e. The molecule has 1 aliphatic carbocycles. The SMILES string of the molecule is COC(=O)c1cc2c([nH]c1=O)-c1cc(C)c3ncccc3c1CC2C(C)(C)C. The number of benzene rings is 1. The van der Waals surface area contributed by atoms with Gasteiger partial charge in [0.1, 0.15) is 5.56 Å². The Morgan fingerprint density at radius 1 is 1.29 bits per heavy atom. The van der Waals surface area contributed by atoms with Gasteiger partial charge in [-0.1, -0.05) is 26.8 Å². The summed E-state index contributed by atoms with van der Waals surface area (Å²) in [5, 5.41) is 1.12. The third kappa shape index (κ3) is 2.73. The number of pyridine rings is 2. The zero-order valence-electron chi connectivity index (χ0n) is 16.8. The fourth-order valence-electron chi connectivity index (χ4n) is 4.32. The number of fused-ring (bicyclic) bond motifs is 5. The van der Waals surface area contributed by atoms with Gasteiger partial charge in [-0.3, -0.25) is 9.78 Å². The van der Waals surface area contributed by atoms with Gasteiger partial charge < -0.3 is 9.72 Å². The molecule has 1 atom stereocenters. The van der Waals surface area contributed by atoms with Crippen molar-refractivity contribution in [1.29, 1.82) is 0 Å². The summed E-state index contributed by atoms with van der Waals surface area (Å²) in [7, 11) is 1.29. The third-order valence-electron chi connectivity index (χ3n) is 5.77. The molecule has 1 unspecified atom stereocenters. The Morgan fingerprint density at radius 2 is 2.04 bits per heavy atom. The summed E-state index contributed by atoms with van der Waals surface area (Å²) in [5.74, 6) is -0.470. The molecular formula is C23H24N2O3. The number of aromatic nitrogens is 2. The monoisotopic (exact) mass is 376 g/mol. The Bertz CT molecular complexity index is 1170. The number of esters is 1. The molecule has 1 N–H and O–H groups in total. The zero-order chi connectivity index (χ0) is 20.2. The van der Waals surface area contributed by atoms with Crippen LogP contribution in [0.25, 0.3) is 22.2 Å². The fourth-order valence-corrected chi connectivity index (χ4v) is 4.32. The number of aromatic amines is 1. The minimum absolute atomic E-state index is 0.0538. The summed E-state index contributed by atoms with van der Waals surface area (Å²) >= 11 is 0. The highest BCUT2D eigenvalue weighted by molar-refractivity contribution is 5.94. The Kier molecular flexibility index (Phi) is 4.14. The predicted octanol–water partition coefficient (Wildman–Crippen LogP) is 4.37. The van der Waals surface area contributed by atoms with Crippen LogP contribution < -0.4 is 5.56 Å². The summed E-state index contributed by atoms with van der Waals surface area (Å²) in [6.45, 7) is 8.59. The van der Waals surface area contributed by atoms with E-state index in [2.05, 4.69) is 42.9 Å². The van der Waals surface area contributed by atoms with Crippen LogP contribution in [-0.4, -0.2) is 23.0 Å². The summed E-state index contributed by atoms with van der Waals surface area (Å²) < 4.78 is 4.81. The second-order valence-electron chi connectivity index (χ2n) is 8.58. The van der Waals surface area contributed by atoms with Gasteiger partial charge in [-0.05, 0) is 59.6 Å². The molecule has 0 radical (unpaired) electrons. The van der Waals surface area contributed by atoms with Gasteiger partial charge in [-0.15, -0.1) is 0 Å². The maximum Gasteiger partial charge on any atom is 0.343 e. The first kappa shape index (κ1) is 18.4. The molecular weight excluding hydrogens is 352 g/mol. The van der Waals surface area contributed by atoms with Crippen LogP contribution in [0, 0.1) is 12.3 Å². The summed E-state index contributed by atoms with van der Waals surface area (Å²) in [6, 6.07) is 7.87. The summed E-state index contributed by atoms with van der Waals surface area (Å²) in [6.07, 6.45) is 2.63. The molecule has 0 amide bonds. The molecule has 3 aromatic rings. The maximum absolute atomic E-state index is 12.6. The van der Waals surface area contributed by atoms with Crippen molar-refractivity contribution in [3.8, 4) is 11.3 Å². The van der Waals surface area contributed by atoms with Gasteiger partial charge in [0, 0.05) is 17.1 Å². The van der Waals surface area contributed by atoms with Gasteiger partial charge in [0.15, 0.2) is 0 Å². The van der Waals surface area contributed by atoms with Gasteiger partial charge in [-0.25, -0.2) is 4.79 Å². The van der Waals surface area contributed by atoms with E-state index in [4.69, 9.17) is 4.74 Å². The minimum Gasteiger partial charge on any atom is -0.465 e. The number of hydrogen-bond donors (Lipinski definition) is 1. The average Bonchev–Trinajstić information content (AvgIpc) is 2.66. The number of ether oxygens (including phenoxy) is 1. The average molecular weight is 376 g/mol. The molecule has 5 nitrogen and oxygen atoms in total. The Hall–Kier alpha value is -2.95. The Labute approximate surface area is 163 Å². The van der Waals surface area contributed by atoms with Crippen molar-refractivity contribution in [2.45, 2.75) is 40.0 Å². The van der Waals surface area contributed by atoms with Gasteiger partial charge in [-0.2, -0.15) is 0 Å². The van der Waals surface area contributed by atoms with E-state index in [1.807, 2.05) is 19.2 Å². The predicted molar refractivity (Wildman–Crippen MR) is 110 cm³/mol. The Balaban J connectivity index is 2.09. The summed E-state index contributed by atoms with van der Waals surface area (Å²) in [5.41, 5.74) is 5.63. The number of nitrogens with one attached hydrogen (secondary N) is 1. The minimum atomic E-state index is -0.610. The number of nitrogens with zero attached hydrogens (tertiary/aromatic N) is 1. The van der Waals surface area contributed by atoms with Crippen molar-refractivity contribution < 1.29 is 9.53 Å². The molecule has 0 fully saturated rings. The van der Waals surface area contributed by atoms with Crippen LogP contribution in [0.15, 0.2) is 35.3 Å². The maximum atomic E-state index is 12.6. The molecule has 5 heteroatoms. The lowest BCUT2D eigenvalue weighted by Gasteiger charge is -2.37. The normalized spacial score (nSPS) is 15.8. The lowest BCUT2D eigenvalue weighted by Crippen LogP contribution is -2.29. The number of carbonyl (C=O) groups is 1. The molecule has 2 aromatic heterocycles. The van der Waals surface area contributed by atoms with E-state index in [0.29, 0.717) is 0 Å². The molecule has 0 spiro atoms. The quantitative estimate of drug-likeness (QED) is 0.640. The van der Waals surface area contributed by atoms with Crippen LogP contribution in [0.5, 0.6) is 0 Å².